The summed E-state index contributed by atoms with van der Waals surface area (Å²) in [6.45, 7) is 3.63. The van der Waals surface area contributed by atoms with Crippen LogP contribution in [-0.2, 0) is 0 Å². The Morgan fingerprint density at radius 2 is 1.40 bits per heavy atom. The number of unbranched alkanes of at least 4 members (excludes halogenated alkanes) is 3. The van der Waals surface area contributed by atoms with Crippen LogP contribution in [-0.4, -0.2) is 30.8 Å². The lowest BCUT2D eigenvalue weighted by molar-refractivity contribution is 0.0973. The Kier molecular flexibility index (Phi) is 10.9. The molecule has 0 saturated carbocycles. The van der Waals surface area contributed by atoms with Crippen molar-refractivity contribution >= 4 is 28.9 Å². The summed E-state index contributed by atoms with van der Waals surface area (Å²) in [5.41, 5.74) is 1.19. The minimum Gasteiger partial charge on any atom is -0.493 e. The zero-order valence-corrected chi connectivity index (χ0v) is 20.8. The summed E-state index contributed by atoms with van der Waals surface area (Å²) in [4.78, 5) is 12.8. The monoisotopic (exact) mass is 492 g/mol. The molecule has 0 spiro atoms. The second kappa shape index (κ2) is 14.6. The van der Waals surface area contributed by atoms with Gasteiger partial charge in [0.25, 0.3) is 5.91 Å². The second-order valence-electron chi connectivity index (χ2n) is 7.85. The number of hydrogen-bond acceptors (Lipinski definition) is 5. The number of amides is 1. The average Bonchev–Trinajstić information content (AvgIpc) is 2.88. The first-order valence-electron chi connectivity index (χ1n) is 11.9. The fourth-order valence-electron chi connectivity index (χ4n) is 3.29. The van der Waals surface area contributed by atoms with Crippen LogP contribution < -0.4 is 24.8 Å². The number of hydrogen-bond donors (Lipinski definition) is 2. The number of carbonyl (C=O) groups is 1. The summed E-state index contributed by atoms with van der Waals surface area (Å²) in [7, 11) is 0. The van der Waals surface area contributed by atoms with Crippen LogP contribution in [0.25, 0.3) is 0 Å². The molecular formula is C28H32N2O4S. The van der Waals surface area contributed by atoms with Crippen molar-refractivity contribution in [2.24, 2.45) is 0 Å². The summed E-state index contributed by atoms with van der Waals surface area (Å²) in [6, 6.07) is 24.1. The van der Waals surface area contributed by atoms with E-state index >= 15 is 0 Å². The third kappa shape index (κ3) is 9.29. The Labute approximate surface area is 212 Å². The van der Waals surface area contributed by atoms with Crippen molar-refractivity contribution < 1.29 is 19.0 Å². The molecule has 0 aliphatic heterocycles. The number of ether oxygens (including phenoxy) is 3. The molecule has 3 aromatic rings. The first kappa shape index (κ1) is 26.0. The lowest BCUT2D eigenvalue weighted by atomic mass is 10.2. The van der Waals surface area contributed by atoms with Crippen LogP contribution in [0, 0.1) is 0 Å². The van der Waals surface area contributed by atoms with Crippen LogP contribution in [0.5, 0.6) is 17.2 Å². The highest BCUT2D eigenvalue weighted by atomic mass is 32.1. The number of carbonyl (C=O) groups excluding carboxylic acids is 1. The van der Waals surface area contributed by atoms with Crippen LogP contribution in [0.1, 0.15) is 43.0 Å². The summed E-state index contributed by atoms with van der Waals surface area (Å²) < 4.78 is 17.2. The molecule has 2 N–H and O–H groups in total. The number of thiocarbonyl (C=S) groups is 1. The van der Waals surface area contributed by atoms with Crippen molar-refractivity contribution in [3.05, 3.63) is 84.4 Å². The SMILES string of the molecule is CCCCCCOc1ccccc1C(=O)NC(=S)Nc1ccc(OCCOc2ccccc2)cc1. The zero-order valence-electron chi connectivity index (χ0n) is 20.0. The van der Waals surface area contributed by atoms with Gasteiger partial charge >= 0.3 is 0 Å². The molecule has 0 radical (unpaired) electrons. The number of benzene rings is 3. The van der Waals surface area contributed by atoms with E-state index in [4.69, 9.17) is 26.4 Å². The van der Waals surface area contributed by atoms with E-state index in [1.54, 1.807) is 18.2 Å². The highest BCUT2D eigenvalue weighted by Gasteiger charge is 2.13. The summed E-state index contributed by atoms with van der Waals surface area (Å²) >= 11 is 5.32. The van der Waals surface area contributed by atoms with Crippen molar-refractivity contribution in [2.45, 2.75) is 32.6 Å². The molecule has 3 aromatic carbocycles. The Balaban J connectivity index is 1.42. The largest absolute Gasteiger partial charge is 0.493 e. The van der Waals surface area contributed by atoms with E-state index in [9.17, 15) is 4.79 Å². The van der Waals surface area contributed by atoms with E-state index in [1.165, 1.54) is 12.8 Å². The Morgan fingerprint density at radius 3 is 2.11 bits per heavy atom. The molecule has 0 bridgehead atoms. The third-order valence-corrected chi connectivity index (χ3v) is 5.29. The van der Waals surface area contributed by atoms with E-state index in [0.717, 1.165) is 24.3 Å². The maximum absolute atomic E-state index is 12.8. The highest BCUT2D eigenvalue weighted by Crippen LogP contribution is 2.19. The van der Waals surface area contributed by atoms with E-state index in [2.05, 4.69) is 17.6 Å². The molecule has 0 aliphatic rings. The summed E-state index contributed by atoms with van der Waals surface area (Å²) in [6.07, 6.45) is 4.43. The molecule has 0 aliphatic carbocycles. The van der Waals surface area contributed by atoms with Crippen molar-refractivity contribution in [1.29, 1.82) is 0 Å². The molecule has 0 saturated heterocycles. The van der Waals surface area contributed by atoms with Crippen molar-refractivity contribution in [3.8, 4) is 17.2 Å². The topological polar surface area (TPSA) is 68.8 Å². The number of rotatable bonds is 13. The molecule has 0 fully saturated rings. The van der Waals surface area contributed by atoms with Gasteiger partial charge in [0.2, 0.25) is 0 Å². The van der Waals surface area contributed by atoms with Gasteiger partial charge in [0.15, 0.2) is 5.11 Å². The molecular weight excluding hydrogens is 460 g/mol. The Bertz CT molecular complexity index is 1060. The Morgan fingerprint density at radius 1 is 0.743 bits per heavy atom. The quantitative estimate of drug-likeness (QED) is 0.218. The average molecular weight is 493 g/mol. The normalized spacial score (nSPS) is 10.3. The van der Waals surface area contributed by atoms with Gasteiger partial charge < -0.3 is 19.5 Å². The molecule has 0 aromatic heterocycles. The van der Waals surface area contributed by atoms with Gasteiger partial charge in [-0.2, -0.15) is 0 Å². The highest BCUT2D eigenvalue weighted by molar-refractivity contribution is 7.80. The minimum atomic E-state index is -0.315. The van der Waals surface area contributed by atoms with Gasteiger partial charge in [-0.15, -0.1) is 0 Å². The van der Waals surface area contributed by atoms with Gasteiger partial charge in [-0.05, 0) is 67.2 Å². The van der Waals surface area contributed by atoms with Crippen LogP contribution in [0.2, 0.25) is 0 Å². The third-order valence-electron chi connectivity index (χ3n) is 5.09. The van der Waals surface area contributed by atoms with Gasteiger partial charge in [0.05, 0.1) is 12.2 Å². The van der Waals surface area contributed by atoms with Gasteiger partial charge in [-0.1, -0.05) is 56.5 Å². The predicted octanol–water partition coefficient (Wildman–Crippen LogP) is 6.23. The smallest absolute Gasteiger partial charge is 0.261 e. The molecule has 184 valence electrons. The lowest BCUT2D eigenvalue weighted by Gasteiger charge is -2.13. The molecule has 1 amide bonds. The van der Waals surface area contributed by atoms with Crippen LogP contribution in [0.4, 0.5) is 5.69 Å². The lowest BCUT2D eigenvalue weighted by Crippen LogP contribution is -2.34. The molecule has 7 heteroatoms. The fourth-order valence-corrected chi connectivity index (χ4v) is 3.50. The Hall–Kier alpha value is -3.58. The van der Waals surface area contributed by atoms with E-state index in [-0.39, 0.29) is 11.0 Å². The van der Waals surface area contributed by atoms with E-state index in [1.807, 2.05) is 60.7 Å². The standard InChI is InChI=1S/C28H32N2O4S/c1-2-3-4-10-19-34-26-14-9-8-13-25(26)27(31)30-28(35)29-22-15-17-24(18-16-22)33-21-20-32-23-11-6-5-7-12-23/h5-9,11-18H,2-4,10,19-21H2,1H3,(H2,29,30,31,35). The molecule has 3 rings (SSSR count). The minimum absolute atomic E-state index is 0.206. The van der Waals surface area contributed by atoms with Gasteiger partial charge in [0.1, 0.15) is 30.5 Å². The molecule has 0 atom stereocenters. The molecule has 0 heterocycles. The first-order valence-corrected chi connectivity index (χ1v) is 12.3. The van der Waals surface area contributed by atoms with Gasteiger partial charge in [-0.3, -0.25) is 10.1 Å². The first-order chi connectivity index (χ1) is 17.2. The molecule has 0 unspecified atom stereocenters. The predicted molar refractivity (Wildman–Crippen MR) is 144 cm³/mol. The fraction of sp³-hybridized carbons (Fsp3) is 0.286. The molecule has 35 heavy (non-hydrogen) atoms. The maximum Gasteiger partial charge on any atom is 0.261 e. The summed E-state index contributed by atoms with van der Waals surface area (Å²) in [5.74, 6) is 1.77. The summed E-state index contributed by atoms with van der Waals surface area (Å²) in [5, 5.41) is 5.95. The zero-order chi connectivity index (χ0) is 24.7. The maximum atomic E-state index is 12.8. The van der Waals surface area contributed by atoms with E-state index in [0.29, 0.717) is 36.9 Å². The van der Waals surface area contributed by atoms with Gasteiger partial charge in [-0.25, -0.2) is 0 Å². The van der Waals surface area contributed by atoms with Crippen molar-refractivity contribution in [3.63, 3.8) is 0 Å². The van der Waals surface area contributed by atoms with E-state index < -0.39 is 0 Å². The van der Waals surface area contributed by atoms with Crippen LogP contribution >= 0.6 is 12.2 Å². The van der Waals surface area contributed by atoms with Crippen LogP contribution in [0.3, 0.4) is 0 Å². The molecule has 6 nitrogen and oxygen atoms in total. The number of para-hydroxylation sites is 2. The van der Waals surface area contributed by atoms with Crippen LogP contribution in [0.15, 0.2) is 78.9 Å². The van der Waals surface area contributed by atoms with Crippen molar-refractivity contribution in [2.75, 3.05) is 25.1 Å². The number of anilines is 1. The van der Waals surface area contributed by atoms with Gasteiger partial charge in [0, 0.05) is 5.69 Å². The second-order valence-corrected chi connectivity index (χ2v) is 8.26. The number of nitrogens with one attached hydrogen (secondary N) is 2. The van der Waals surface area contributed by atoms with Crippen molar-refractivity contribution in [1.82, 2.24) is 5.32 Å².